The van der Waals surface area contributed by atoms with Gasteiger partial charge in [-0.1, -0.05) is 84.9 Å². The summed E-state index contributed by atoms with van der Waals surface area (Å²) in [4.78, 5) is 25.6. The number of ether oxygens (including phenoxy) is 2. The summed E-state index contributed by atoms with van der Waals surface area (Å²) < 4.78 is 12.9. The van der Waals surface area contributed by atoms with Crippen LogP contribution in [0, 0.1) is 6.92 Å². The van der Waals surface area contributed by atoms with Crippen LogP contribution in [0.15, 0.2) is 115 Å². The van der Waals surface area contributed by atoms with Gasteiger partial charge in [0.2, 0.25) is 0 Å². The largest absolute Gasteiger partial charge is 0.492 e. The molecule has 7 heteroatoms. The lowest BCUT2D eigenvalue weighted by molar-refractivity contribution is -0.140. The Morgan fingerprint density at radius 3 is 2.24 bits per heavy atom. The number of hydrogen-bond acceptors (Lipinski definition) is 6. The first-order chi connectivity index (χ1) is 20.5. The Hall–Kier alpha value is -5.17. The number of ketones is 1. The molecule has 0 aliphatic rings. The number of esters is 1. The Bertz CT molecular complexity index is 1630. The van der Waals surface area contributed by atoms with Crippen molar-refractivity contribution in [2.45, 2.75) is 25.9 Å². The number of carbonyl (C=O) groups excluding carboxylic acids is 2. The second-order valence-electron chi connectivity index (χ2n) is 9.90. The van der Waals surface area contributed by atoms with Gasteiger partial charge in [-0.3, -0.25) is 14.3 Å². The van der Waals surface area contributed by atoms with Crippen molar-refractivity contribution in [2.24, 2.45) is 0 Å². The summed E-state index contributed by atoms with van der Waals surface area (Å²) in [7, 11) is 1.37. The minimum absolute atomic E-state index is 0.0902. The molecule has 5 rings (SSSR count). The van der Waals surface area contributed by atoms with E-state index in [1.165, 1.54) is 7.11 Å². The Kier molecular flexibility index (Phi) is 9.09. The number of nitrogens with one attached hydrogen (secondary N) is 1. The van der Waals surface area contributed by atoms with Crippen LogP contribution >= 0.6 is 0 Å². The average molecular weight is 560 g/mol. The predicted octanol–water partition coefficient (Wildman–Crippen LogP) is 6.88. The third kappa shape index (κ3) is 6.93. The van der Waals surface area contributed by atoms with Crippen molar-refractivity contribution in [1.29, 1.82) is 0 Å². The van der Waals surface area contributed by atoms with Crippen molar-refractivity contribution in [3.05, 3.63) is 138 Å². The van der Waals surface area contributed by atoms with E-state index in [1.807, 2.05) is 103 Å². The molecule has 0 saturated heterocycles. The normalized spacial score (nSPS) is 11.5. The summed E-state index contributed by atoms with van der Waals surface area (Å²) in [5, 5.41) is 8.14. The molecule has 0 spiro atoms. The zero-order chi connectivity index (χ0) is 29.3. The molecule has 1 heterocycles. The highest BCUT2D eigenvalue weighted by molar-refractivity contribution is 6.12. The summed E-state index contributed by atoms with van der Waals surface area (Å²) in [6.07, 6.45) is 0.0902. The molecule has 7 nitrogen and oxygen atoms in total. The number of para-hydroxylation sites is 1. The molecule has 0 amide bonds. The molecule has 212 valence electrons. The molecule has 0 aliphatic carbocycles. The quantitative estimate of drug-likeness (QED) is 0.132. The molecule has 42 heavy (non-hydrogen) atoms. The van der Waals surface area contributed by atoms with Gasteiger partial charge in [0.1, 0.15) is 12.4 Å². The maximum Gasteiger partial charge on any atom is 0.307 e. The van der Waals surface area contributed by atoms with Crippen molar-refractivity contribution in [1.82, 2.24) is 9.78 Å². The number of methoxy groups -OCH3 is 1. The van der Waals surface area contributed by atoms with E-state index in [0.29, 0.717) is 35.7 Å². The molecule has 0 aliphatic heterocycles. The van der Waals surface area contributed by atoms with E-state index < -0.39 is 6.04 Å². The van der Waals surface area contributed by atoms with Gasteiger partial charge < -0.3 is 14.8 Å². The first-order valence-electron chi connectivity index (χ1n) is 13.9. The van der Waals surface area contributed by atoms with Crippen LogP contribution in [-0.2, 0) is 16.1 Å². The van der Waals surface area contributed by atoms with Crippen LogP contribution in [0.25, 0.3) is 11.3 Å². The van der Waals surface area contributed by atoms with Crippen molar-refractivity contribution < 1.29 is 19.1 Å². The summed E-state index contributed by atoms with van der Waals surface area (Å²) in [5.74, 6) is 0.259. The lowest BCUT2D eigenvalue weighted by Gasteiger charge is -2.21. The fraction of sp³-hybridized carbons (Fsp3) is 0.171. The van der Waals surface area contributed by atoms with Crippen LogP contribution < -0.4 is 10.1 Å². The molecular weight excluding hydrogens is 526 g/mol. The van der Waals surface area contributed by atoms with Gasteiger partial charge in [-0.05, 0) is 42.8 Å². The fourth-order valence-corrected chi connectivity index (χ4v) is 4.77. The molecule has 5 aromatic rings. The van der Waals surface area contributed by atoms with Gasteiger partial charge in [-0.25, -0.2) is 0 Å². The van der Waals surface area contributed by atoms with E-state index in [4.69, 9.17) is 14.6 Å². The number of benzene rings is 4. The zero-order valence-electron chi connectivity index (χ0n) is 23.7. The Labute approximate surface area is 245 Å². The third-order valence-electron chi connectivity index (χ3n) is 7.04. The Balaban J connectivity index is 1.27. The van der Waals surface area contributed by atoms with E-state index >= 15 is 0 Å². The van der Waals surface area contributed by atoms with Crippen molar-refractivity contribution >= 4 is 17.4 Å². The van der Waals surface area contributed by atoms with Crippen LogP contribution in [0.2, 0.25) is 0 Å². The van der Waals surface area contributed by atoms with Gasteiger partial charge in [-0.2, -0.15) is 5.10 Å². The first kappa shape index (κ1) is 28.4. The Morgan fingerprint density at radius 1 is 0.857 bits per heavy atom. The first-order valence-corrected chi connectivity index (χ1v) is 13.9. The number of anilines is 1. The molecule has 1 N–H and O–H groups in total. The Morgan fingerprint density at radius 2 is 1.52 bits per heavy atom. The number of rotatable bonds is 12. The van der Waals surface area contributed by atoms with Crippen molar-refractivity contribution in [3.63, 3.8) is 0 Å². The molecule has 1 aromatic heterocycles. The van der Waals surface area contributed by atoms with Crippen LogP contribution in [0.4, 0.5) is 5.69 Å². The van der Waals surface area contributed by atoms with E-state index in [0.717, 1.165) is 22.5 Å². The summed E-state index contributed by atoms with van der Waals surface area (Å²) in [6, 6.07) is 35.8. The van der Waals surface area contributed by atoms with Gasteiger partial charge in [0.05, 0.1) is 31.8 Å². The second kappa shape index (κ2) is 13.5. The summed E-state index contributed by atoms with van der Waals surface area (Å²) >= 11 is 0. The highest BCUT2D eigenvalue weighted by atomic mass is 16.5. The van der Waals surface area contributed by atoms with Crippen molar-refractivity contribution in [2.75, 3.05) is 19.0 Å². The number of hydrogen-bond donors (Lipinski definition) is 1. The highest BCUT2D eigenvalue weighted by Gasteiger charge is 2.20. The van der Waals surface area contributed by atoms with Gasteiger partial charge >= 0.3 is 5.97 Å². The lowest BCUT2D eigenvalue weighted by Crippen LogP contribution is -2.18. The molecule has 0 fully saturated rings. The smallest absolute Gasteiger partial charge is 0.307 e. The van der Waals surface area contributed by atoms with Crippen LogP contribution in [0.5, 0.6) is 5.75 Å². The summed E-state index contributed by atoms with van der Waals surface area (Å²) in [5.41, 5.74) is 5.72. The van der Waals surface area contributed by atoms with E-state index in [-0.39, 0.29) is 18.2 Å². The van der Waals surface area contributed by atoms with Crippen LogP contribution in [0.3, 0.4) is 0 Å². The zero-order valence-corrected chi connectivity index (χ0v) is 23.7. The standard InChI is InChI=1S/C35H33N3O4/c1-25-23-33(26-11-5-3-6-12-26)37-38(25)21-22-42-29-19-17-27(18-20-29)32(24-34(39)41-2)36-31-16-10-9-15-30(31)35(40)28-13-7-4-8-14-28/h3-20,23,32,36H,21-22,24H2,1-2H3. The monoisotopic (exact) mass is 559 g/mol. The molecule has 1 unspecified atom stereocenters. The number of carbonyl (C=O) groups is 2. The van der Waals surface area contributed by atoms with E-state index in [2.05, 4.69) is 11.4 Å². The molecular formula is C35H33N3O4. The predicted molar refractivity (Wildman–Crippen MR) is 164 cm³/mol. The molecule has 1 atom stereocenters. The van der Waals surface area contributed by atoms with E-state index in [9.17, 15) is 9.59 Å². The number of aromatic nitrogens is 2. The maximum absolute atomic E-state index is 13.3. The number of nitrogens with zero attached hydrogens (tertiary/aromatic N) is 2. The SMILES string of the molecule is COC(=O)CC(Nc1ccccc1C(=O)c1ccccc1)c1ccc(OCCn2nc(-c3ccccc3)cc2C)cc1. The molecule has 0 bridgehead atoms. The minimum Gasteiger partial charge on any atom is -0.492 e. The molecule has 4 aromatic carbocycles. The average Bonchev–Trinajstić information content (AvgIpc) is 3.41. The van der Waals surface area contributed by atoms with E-state index in [1.54, 1.807) is 18.2 Å². The molecule has 0 saturated carbocycles. The van der Waals surface area contributed by atoms with Gasteiger partial charge in [0.15, 0.2) is 5.78 Å². The maximum atomic E-state index is 13.3. The minimum atomic E-state index is -0.417. The molecule has 0 radical (unpaired) electrons. The topological polar surface area (TPSA) is 82.5 Å². The van der Waals surface area contributed by atoms with Gasteiger partial charge in [0.25, 0.3) is 0 Å². The number of aryl methyl sites for hydroxylation is 1. The van der Waals surface area contributed by atoms with Gasteiger partial charge in [-0.15, -0.1) is 0 Å². The van der Waals surface area contributed by atoms with Gasteiger partial charge in [0, 0.05) is 28.1 Å². The fourth-order valence-electron chi connectivity index (χ4n) is 4.77. The summed E-state index contributed by atoms with van der Waals surface area (Å²) in [6.45, 7) is 3.10. The highest BCUT2D eigenvalue weighted by Crippen LogP contribution is 2.28. The lowest BCUT2D eigenvalue weighted by atomic mass is 9.99. The van der Waals surface area contributed by atoms with Crippen LogP contribution in [-0.4, -0.2) is 35.2 Å². The van der Waals surface area contributed by atoms with Crippen molar-refractivity contribution in [3.8, 4) is 17.0 Å². The van der Waals surface area contributed by atoms with Crippen LogP contribution in [0.1, 0.15) is 39.6 Å². The third-order valence-corrected chi connectivity index (χ3v) is 7.04. The second-order valence-corrected chi connectivity index (χ2v) is 9.90.